The Morgan fingerprint density at radius 2 is 1.97 bits per heavy atom. The summed E-state index contributed by atoms with van der Waals surface area (Å²) in [6, 6.07) is 7.31. The van der Waals surface area contributed by atoms with Crippen LogP contribution in [0.5, 0.6) is 0 Å². The molecule has 0 radical (unpaired) electrons. The average molecular weight is 435 g/mol. The van der Waals surface area contributed by atoms with Crippen LogP contribution in [0.15, 0.2) is 30.6 Å². The maximum absolute atomic E-state index is 12.7. The normalized spacial score (nSPS) is 11.7. The van der Waals surface area contributed by atoms with Crippen LogP contribution >= 0.6 is 0 Å². The molecule has 0 aromatic carbocycles. The molecule has 0 unspecified atom stereocenters. The van der Waals surface area contributed by atoms with E-state index in [1.165, 1.54) is 11.8 Å². The van der Waals surface area contributed by atoms with Gasteiger partial charge in [-0.15, -0.1) is 0 Å². The van der Waals surface area contributed by atoms with Gasteiger partial charge in [-0.3, -0.25) is 9.69 Å². The third-order valence-corrected chi connectivity index (χ3v) is 4.73. The van der Waals surface area contributed by atoms with E-state index in [1.807, 2.05) is 50.6 Å². The Labute approximate surface area is 184 Å². The predicted octanol–water partition coefficient (Wildman–Crippen LogP) is 3.84. The minimum Gasteiger partial charge on any atom is -0.443 e. The first-order valence-corrected chi connectivity index (χ1v) is 10.1. The number of hydrogen-bond acceptors (Lipinski definition) is 6. The molecule has 0 bridgehead atoms. The van der Waals surface area contributed by atoms with Crippen LogP contribution in [0, 0.1) is 0 Å². The fraction of sp³-hybridized carbons (Fsp3) is 0.318. The van der Waals surface area contributed by atoms with Gasteiger partial charge in [0.2, 0.25) is 5.91 Å². The van der Waals surface area contributed by atoms with E-state index in [0.717, 1.165) is 16.6 Å². The lowest BCUT2D eigenvalue weighted by atomic mass is 10.2. The summed E-state index contributed by atoms with van der Waals surface area (Å²) in [5.74, 6) is 0.646. The molecule has 2 amide bonds. The molecule has 0 fully saturated rings. The summed E-state index contributed by atoms with van der Waals surface area (Å²) in [5, 5.41) is 3.52. The van der Waals surface area contributed by atoms with Crippen LogP contribution in [-0.4, -0.2) is 49.2 Å². The number of amides is 2. The number of fused-ring (bicyclic) bond motifs is 3. The largest absolute Gasteiger partial charge is 0.443 e. The number of hydrogen-bond donors (Lipinski definition) is 2. The molecule has 0 spiro atoms. The summed E-state index contributed by atoms with van der Waals surface area (Å²) in [6.07, 6.45) is 1.16. The Morgan fingerprint density at radius 1 is 1.22 bits per heavy atom. The molecule has 10 heteroatoms. The Kier molecular flexibility index (Phi) is 5.08. The Bertz CT molecular complexity index is 1350. The number of imidazole rings is 1. The Hall–Kier alpha value is -3.95. The Morgan fingerprint density at radius 3 is 2.66 bits per heavy atom. The van der Waals surface area contributed by atoms with Crippen LogP contribution in [-0.2, 0) is 16.6 Å². The molecule has 0 aliphatic rings. The Balaban J connectivity index is 1.84. The molecule has 32 heavy (non-hydrogen) atoms. The number of carbonyl (C=O) groups excluding carboxylic acids is 2. The molecule has 0 atom stereocenters. The minimum absolute atomic E-state index is 0.195. The monoisotopic (exact) mass is 435 g/mol. The number of ether oxygens (including phenoxy) is 1. The molecular weight excluding hydrogens is 410 g/mol. The molecule has 0 aliphatic carbocycles. The summed E-state index contributed by atoms with van der Waals surface area (Å²) >= 11 is 0. The van der Waals surface area contributed by atoms with Crippen molar-refractivity contribution in [2.75, 3.05) is 17.3 Å². The van der Waals surface area contributed by atoms with Crippen molar-refractivity contribution in [2.24, 2.45) is 7.05 Å². The highest BCUT2D eigenvalue weighted by atomic mass is 16.6. The van der Waals surface area contributed by atoms with Gasteiger partial charge in [0, 0.05) is 26.4 Å². The first-order valence-electron chi connectivity index (χ1n) is 10.1. The van der Waals surface area contributed by atoms with Gasteiger partial charge in [-0.25, -0.2) is 19.7 Å². The lowest BCUT2D eigenvalue weighted by Crippen LogP contribution is -2.34. The number of anilines is 2. The van der Waals surface area contributed by atoms with E-state index in [-0.39, 0.29) is 5.91 Å². The maximum Gasteiger partial charge on any atom is 0.415 e. The molecule has 0 saturated heterocycles. The number of nitrogens with zero attached hydrogens (tertiary/aromatic N) is 5. The summed E-state index contributed by atoms with van der Waals surface area (Å²) in [7, 11) is 3.49. The summed E-state index contributed by atoms with van der Waals surface area (Å²) in [6.45, 7) is 6.87. The number of carbonyl (C=O) groups is 2. The highest BCUT2D eigenvalue weighted by Crippen LogP contribution is 2.33. The van der Waals surface area contributed by atoms with Gasteiger partial charge in [0.05, 0.1) is 23.2 Å². The summed E-state index contributed by atoms with van der Waals surface area (Å²) in [5.41, 5.74) is 2.71. The van der Waals surface area contributed by atoms with Crippen molar-refractivity contribution in [3.05, 3.63) is 30.6 Å². The molecular formula is C22H25N7O3. The third kappa shape index (κ3) is 3.98. The van der Waals surface area contributed by atoms with E-state index in [2.05, 4.69) is 25.3 Å². The van der Waals surface area contributed by atoms with Crippen LogP contribution < -0.4 is 10.2 Å². The second-order valence-corrected chi connectivity index (χ2v) is 8.56. The fourth-order valence-electron chi connectivity index (χ4n) is 3.41. The second kappa shape index (κ2) is 7.63. The first-order chi connectivity index (χ1) is 15.0. The molecule has 4 aromatic rings. The van der Waals surface area contributed by atoms with Crippen molar-refractivity contribution >= 4 is 45.7 Å². The van der Waals surface area contributed by atoms with E-state index in [9.17, 15) is 9.59 Å². The van der Waals surface area contributed by atoms with Crippen molar-refractivity contribution in [1.29, 1.82) is 0 Å². The van der Waals surface area contributed by atoms with E-state index in [0.29, 0.717) is 28.5 Å². The van der Waals surface area contributed by atoms with Crippen molar-refractivity contribution in [1.82, 2.24) is 24.5 Å². The lowest BCUT2D eigenvalue weighted by molar-refractivity contribution is -0.114. The van der Waals surface area contributed by atoms with E-state index < -0.39 is 11.7 Å². The number of pyridine rings is 2. The van der Waals surface area contributed by atoms with Gasteiger partial charge in [0.25, 0.3) is 0 Å². The number of aromatic nitrogens is 5. The number of rotatable bonds is 3. The number of H-pyrrole nitrogens is 1. The molecule has 2 N–H and O–H groups in total. The van der Waals surface area contributed by atoms with Gasteiger partial charge in [0.1, 0.15) is 22.6 Å². The van der Waals surface area contributed by atoms with Gasteiger partial charge in [0.15, 0.2) is 5.82 Å². The van der Waals surface area contributed by atoms with E-state index >= 15 is 0 Å². The third-order valence-electron chi connectivity index (χ3n) is 4.73. The molecule has 0 aliphatic heterocycles. The predicted molar refractivity (Wildman–Crippen MR) is 123 cm³/mol. The standard InChI is InChI=1S/C22H25N7O3/c1-12(30)24-16-9-7-8-14(25-16)15-10-13-18-17(23-11-28(18)5)20(27-19(13)26-15)29(6)21(31)32-22(2,3)4/h7-11H,1-6H3,(H,26,27)(H,24,25,30). The van der Waals surface area contributed by atoms with E-state index in [1.54, 1.807) is 19.4 Å². The van der Waals surface area contributed by atoms with Gasteiger partial charge in [-0.05, 0) is 39.0 Å². The summed E-state index contributed by atoms with van der Waals surface area (Å²) < 4.78 is 7.38. The van der Waals surface area contributed by atoms with Crippen molar-refractivity contribution < 1.29 is 14.3 Å². The lowest BCUT2D eigenvalue weighted by Gasteiger charge is -2.24. The van der Waals surface area contributed by atoms with Crippen LogP contribution in [0.25, 0.3) is 33.5 Å². The minimum atomic E-state index is -0.636. The first kappa shape index (κ1) is 21.3. The van der Waals surface area contributed by atoms with Crippen LogP contribution in [0.1, 0.15) is 27.7 Å². The molecule has 4 rings (SSSR count). The topological polar surface area (TPSA) is 118 Å². The van der Waals surface area contributed by atoms with E-state index in [4.69, 9.17) is 4.74 Å². The summed E-state index contributed by atoms with van der Waals surface area (Å²) in [4.78, 5) is 42.3. The zero-order valence-electron chi connectivity index (χ0n) is 18.8. The molecule has 0 saturated carbocycles. The quantitative estimate of drug-likeness (QED) is 0.505. The SMILES string of the molecule is CC(=O)Nc1cccc(-c2cc3c(nc(N(C)C(=O)OC(C)(C)C)c4ncn(C)c43)[nH]2)n1. The zero-order chi connectivity index (χ0) is 23.2. The second-order valence-electron chi connectivity index (χ2n) is 8.56. The van der Waals surface area contributed by atoms with Gasteiger partial charge in [-0.2, -0.15) is 0 Å². The number of nitrogens with one attached hydrogen (secondary N) is 2. The van der Waals surface area contributed by atoms with Gasteiger partial charge < -0.3 is 19.6 Å². The highest BCUT2D eigenvalue weighted by Gasteiger charge is 2.25. The van der Waals surface area contributed by atoms with Crippen molar-refractivity contribution in [2.45, 2.75) is 33.3 Å². The van der Waals surface area contributed by atoms with Crippen LogP contribution in [0.4, 0.5) is 16.4 Å². The van der Waals surface area contributed by atoms with Gasteiger partial charge in [-0.1, -0.05) is 6.07 Å². The smallest absolute Gasteiger partial charge is 0.415 e. The fourth-order valence-corrected chi connectivity index (χ4v) is 3.41. The zero-order valence-corrected chi connectivity index (χ0v) is 18.8. The van der Waals surface area contributed by atoms with Crippen LogP contribution in [0.3, 0.4) is 0 Å². The van der Waals surface area contributed by atoms with Crippen molar-refractivity contribution in [3.8, 4) is 11.4 Å². The van der Waals surface area contributed by atoms with Crippen molar-refractivity contribution in [3.63, 3.8) is 0 Å². The molecule has 166 valence electrons. The molecule has 4 aromatic heterocycles. The average Bonchev–Trinajstić information content (AvgIpc) is 3.28. The maximum atomic E-state index is 12.7. The number of aromatic amines is 1. The number of aryl methyl sites for hydroxylation is 1. The highest BCUT2D eigenvalue weighted by molar-refractivity contribution is 6.09. The molecule has 4 heterocycles. The molecule has 10 nitrogen and oxygen atoms in total. The van der Waals surface area contributed by atoms with Crippen LogP contribution in [0.2, 0.25) is 0 Å². The van der Waals surface area contributed by atoms with Gasteiger partial charge >= 0.3 is 6.09 Å².